The molecule has 108 valence electrons. The molecule has 1 aliphatic rings. The molecule has 1 saturated carbocycles. The lowest BCUT2D eigenvalue weighted by Crippen LogP contribution is -2.18. The summed E-state index contributed by atoms with van der Waals surface area (Å²) in [6.07, 6.45) is 0. The normalized spacial score (nSPS) is 23.2. The molecule has 1 amide bonds. The molecule has 0 spiro atoms. The summed E-state index contributed by atoms with van der Waals surface area (Å²) in [5.41, 5.74) is -1.27. The van der Waals surface area contributed by atoms with Crippen molar-refractivity contribution in [3.05, 3.63) is 29.6 Å². The molecule has 2 rings (SSSR count). The lowest BCUT2D eigenvalue weighted by Gasteiger charge is -2.07. The second-order valence-corrected chi connectivity index (χ2v) is 5.35. The predicted molar refractivity (Wildman–Crippen MR) is 63.3 cm³/mol. The molecule has 4 nitrogen and oxygen atoms in total. The predicted octanol–water partition coefficient (Wildman–Crippen LogP) is 2.40. The van der Waals surface area contributed by atoms with Crippen molar-refractivity contribution in [1.29, 1.82) is 0 Å². The fourth-order valence-electron chi connectivity index (χ4n) is 2.42. The van der Waals surface area contributed by atoms with Gasteiger partial charge in [-0.25, -0.2) is 13.2 Å². The number of carbonyl (C=O) groups is 2. The molecule has 0 aromatic heterocycles. The van der Waals surface area contributed by atoms with Gasteiger partial charge in [-0.1, -0.05) is 13.8 Å². The van der Waals surface area contributed by atoms with Crippen molar-refractivity contribution in [3.8, 4) is 0 Å². The van der Waals surface area contributed by atoms with E-state index in [0.29, 0.717) is 12.1 Å². The molecule has 0 aliphatic heterocycles. The number of carboxylic acids is 1. The van der Waals surface area contributed by atoms with Crippen LogP contribution in [0, 0.1) is 34.7 Å². The van der Waals surface area contributed by atoms with Gasteiger partial charge in [-0.05, 0) is 5.41 Å². The Hall–Kier alpha value is -2.05. The van der Waals surface area contributed by atoms with Crippen molar-refractivity contribution in [2.24, 2.45) is 17.3 Å². The highest BCUT2D eigenvalue weighted by atomic mass is 19.2. The van der Waals surface area contributed by atoms with Crippen LogP contribution in [0.2, 0.25) is 0 Å². The van der Waals surface area contributed by atoms with Gasteiger partial charge in [0.05, 0.1) is 17.5 Å². The molecule has 0 bridgehead atoms. The molecule has 0 heterocycles. The quantitative estimate of drug-likeness (QED) is 0.839. The Morgan fingerprint density at radius 2 is 1.65 bits per heavy atom. The summed E-state index contributed by atoms with van der Waals surface area (Å²) in [5, 5.41) is 11.0. The van der Waals surface area contributed by atoms with Crippen molar-refractivity contribution in [2.75, 3.05) is 5.32 Å². The van der Waals surface area contributed by atoms with E-state index in [4.69, 9.17) is 5.11 Å². The van der Waals surface area contributed by atoms with Gasteiger partial charge in [-0.2, -0.15) is 0 Å². The maximum atomic E-state index is 13.4. The summed E-state index contributed by atoms with van der Waals surface area (Å²) < 4.78 is 39.1. The molecular formula is C13H12F3NO3. The van der Waals surface area contributed by atoms with Crippen molar-refractivity contribution in [3.63, 3.8) is 0 Å². The van der Waals surface area contributed by atoms with Crippen molar-refractivity contribution in [1.82, 2.24) is 0 Å². The number of hydrogen-bond donors (Lipinski definition) is 2. The van der Waals surface area contributed by atoms with E-state index in [9.17, 15) is 22.8 Å². The minimum absolute atomic E-state index is 0.317. The van der Waals surface area contributed by atoms with Crippen LogP contribution in [0.15, 0.2) is 12.1 Å². The lowest BCUT2D eigenvalue weighted by molar-refractivity contribution is -0.140. The Morgan fingerprint density at radius 3 is 2.15 bits per heavy atom. The first kappa shape index (κ1) is 14.4. The van der Waals surface area contributed by atoms with Crippen LogP contribution in [0.4, 0.5) is 18.9 Å². The smallest absolute Gasteiger partial charge is 0.307 e. The summed E-state index contributed by atoms with van der Waals surface area (Å²) in [5.74, 6) is -7.36. The molecule has 1 aromatic carbocycles. The van der Waals surface area contributed by atoms with Gasteiger partial charge < -0.3 is 10.4 Å². The Kier molecular flexibility index (Phi) is 3.23. The molecule has 0 saturated heterocycles. The van der Waals surface area contributed by atoms with Crippen LogP contribution in [-0.2, 0) is 9.59 Å². The molecule has 0 unspecified atom stereocenters. The monoisotopic (exact) mass is 287 g/mol. The van der Waals surface area contributed by atoms with Crippen LogP contribution in [0.5, 0.6) is 0 Å². The number of aliphatic carboxylic acids is 1. The van der Waals surface area contributed by atoms with Crippen LogP contribution in [-0.4, -0.2) is 17.0 Å². The minimum atomic E-state index is -1.37. The Balaban J connectivity index is 2.18. The summed E-state index contributed by atoms with van der Waals surface area (Å²) in [6, 6.07) is 0.839. The molecule has 2 N–H and O–H groups in total. The number of carboxylic acid groups (broad SMARTS) is 1. The SMILES string of the molecule is CC1(C)[C@H](C(=O)O)[C@@H]1C(=O)Nc1cc(F)c(F)cc1F. The number of hydrogen-bond acceptors (Lipinski definition) is 2. The van der Waals surface area contributed by atoms with E-state index in [2.05, 4.69) is 5.32 Å². The summed E-state index contributed by atoms with van der Waals surface area (Å²) in [4.78, 5) is 22.8. The van der Waals surface area contributed by atoms with E-state index in [1.807, 2.05) is 0 Å². The van der Waals surface area contributed by atoms with Gasteiger partial charge in [0.15, 0.2) is 11.6 Å². The molecule has 1 aromatic rings. The van der Waals surface area contributed by atoms with E-state index in [1.54, 1.807) is 13.8 Å². The number of halogens is 3. The summed E-state index contributed by atoms with van der Waals surface area (Å²) in [7, 11) is 0. The van der Waals surface area contributed by atoms with Crippen LogP contribution >= 0.6 is 0 Å². The number of anilines is 1. The van der Waals surface area contributed by atoms with E-state index >= 15 is 0 Å². The van der Waals surface area contributed by atoms with E-state index in [-0.39, 0.29) is 0 Å². The minimum Gasteiger partial charge on any atom is -0.481 e. The van der Waals surface area contributed by atoms with Gasteiger partial charge in [0, 0.05) is 12.1 Å². The Bertz CT molecular complexity index is 601. The summed E-state index contributed by atoms with van der Waals surface area (Å²) in [6.45, 7) is 3.19. The fourth-order valence-corrected chi connectivity index (χ4v) is 2.42. The van der Waals surface area contributed by atoms with Gasteiger partial charge >= 0.3 is 5.97 Å². The first-order valence-corrected chi connectivity index (χ1v) is 5.84. The molecule has 1 fully saturated rings. The number of benzene rings is 1. The highest BCUT2D eigenvalue weighted by Crippen LogP contribution is 2.58. The maximum Gasteiger partial charge on any atom is 0.307 e. The third-order valence-electron chi connectivity index (χ3n) is 3.64. The van der Waals surface area contributed by atoms with Crippen LogP contribution in [0.3, 0.4) is 0 Å². The van der Waals surface area contributed by atoms with Crippen LogP contribution in [0.1, 0.15) is 13.8 Å². The average Bonchev–Trinajstić information content (AvgIpc) is 2.89. The zero-order chi connectivity index (χ0) is 15.2. The zero-order valence-corrected chi connectivity index (χ0v) is 10.7. The Labute approximate surface area is 112 Å². The highest BCUT2D eigenvalue weighted by Gasteiger charge is 2.65. The summed E-state index contributed by atoms with van der Waals surface area (Å²) >= 11 is 0. The first-order chi connectivity index (χ1) is 9.16. The molecule has 20 heavy (non-hydrogen) atoms. The van der Waals surface area contributed by atoms with Crippen molar-refractivity contribution < 1.29 is 27.9 Å². The second kappa shape index (κ2) is 4.50. The molecular weight excluding hydrogens is 275 g/mol. The van der Waals surface area contributed by atoms with Gasteiger partial charge in [0.1, 0.15) is 5.82 Å². The van der Waals surface area contributed by atoms with Crippen LogP contribution in [0.25, 0.3) is 0 Å². The zero-order valence-electron chi connectivity index (χ0n) is 10.7. The second-order valence-electron chi connectivity index (χ2n) is 5.35. The van der Waals surface area contributed by atoms with Gasteiger partial charge in [0.2, 0.25) is 5.91 Å². The standard InChI is InChI=1S/C13H12F3NO3/c1-13(2)9(10(13)12(19)20)11(18)17-8-4-6(15)5(14)3-7(8)16/h3-4,9-10H,1-2H3,(H,17,18)(H,19,20)/t9-,10+/m1/s1. The number of rotatable bonds is 3. The van der Waals surface area contributed by atoms with E-state index < -0.39 is 52.3 Å². The molecule has 2 atom stereocenters. The molecule has 0 radical (unpaired) electrons. The first-order valence-electron chi connectivity index (χ1n) is 5.84. The van der Waals surface area contributed by atoms with Crippen molar-refractivity contribution in [2.45, 2.75) is 13.8 Å². The van der Waals surface area contributed by atoms with Crippen molar-refractivity contribution >= 4 is 17.6 Å². The Morgan fingerprint density at radius 1 is 1.10 bits per heavy atom. The van der Waals surface area contributed by atoms with Crippen LogP contribution < -0.4 is 5.32 Å². The van der Waals surface area contributed by atoms with Gasteiger partial charge in [-0.3, -0.25) is 9.59 Å². The number of carbonyl (C=O) groups excluding carboxylic acids is 1. The van der Waals surface area contributed by atoms with E-state index in [0.717, 1.165) is 0 Å². The third kappa shape index (κ3) is 2.23. The van der Waals surface area contributed by atoms with E-state index in [1.165, 1.54) is 0 Å². The van der Waals surface area contributed by atoms with Gasteiger partial charge in [0.25, 0.3) is 0 Å². The topological polar surface area (TPSA) is 66.4 Å². The number of amides is 1. The third-order valence-corrected chi connectivity index (χ3v) is 3.64. The highest BCUT2D eigenvalue weighted by molar-refractivity contribution is 5.99. The molecule has 7 heteroatoms. The number of nitrogens with one attached hydrogen (secondary N) is 1. The fraction of sp³-hybridized carbons (Fsp3) is 0.385. The lowest BCUT2D eigenvalue weighted by atomic mass is 10.1. The average molecular weight is 287 g/mol. The largest absolute Gasteiger partial charge is 0.481 e. The maximum absolute atomic E-state index is 13.4. The van der Waals surface area contributed by atoms with Gasteiger partial charge in [-0.15, -0.1) is 0 Å². The molecule has 1 aliphatic carbocycles.